The molecule has 23 heavy (non-hydrogen) atoms. The van der Waals surface area contributed by atoms with Gasteiger partial charge in [0, 0.05) is 10.9 Å². The first-order valence-electron chi connectivity index (χ1n) is 8.21. The van der Waals surface area contributed by atoms with Crippen molar-refractivity contribution >= 4 is 16.3 Å². The van der Waals surface area contributed by atoms with E-state index in [0.717, 1.165) is 12.2 Å². The van der Waals surface area contributed by atoms with Gasteiger partial charge in [0.2, 0.25) is 0 Å². The van der Waals surface area contributed by atoms with Crippen molar-refractivity contribution < 1.29 is 4.74 Å². The van der Waals surface area contributed by atoms with E-state index >= 15 is 0 Å². The molecule has 0 bridgehead atoms. The Balaban J connectivity index is 2.00. The van der Waals surface area contributed by atoms with Gasteiger partial charge in [-0.2, -0.15) is 0 Å². The molecule has 112 valence electrons. The zero-order valence-electron chi connectivity index (χ0n) is 13.4. The Morgan fingerprint density at radius 3 is 2.43 bits per heavy atom. The lowest BCUT2D eigenvalue weighted by Crippen LogP contribution is -2.11. The minimum absolute atomic E-state index is 0.703. The van der Waals surface area contributed by atoms with Gasteiger partial charge in [-0.15, -0.1) is 0 Å². The van der Waals surface area contributed by atoms with Crippen molar-refractivity contribution in [2.75, 3.05) is 6.61 Å². The molecule has 1 aliphatic heterocycles. The van der Waals surface area contributed by atoms with Crippen LogP contribution in [0, 0.1) is 0 Å². The van der Waals surface area contributed by atoms with Crippen LogP contribution in [0.15, 0.2) is 54.1 Å². The van der Waals surface area contributed by atoms with Crippen LogP contribution in [0.4, 0.5) is 0 Å². The number of ether oxygens (including phenoxy) is 1. The maximum absolute atomic E-state index is 6.19. The number of hydrogen-bond donors (Lipinski definition) is 0. The number of allylic oxidation sites excluding steroid dienone is 1. The third kappa shape index (κ3) is 1.62. The fraction of sp³-hybridized carbons (Fsp3) is 0.182. The van der Waals surface area contributed by atoms with Gasteiger partial charge in [-0.05, 0) is 59.1 Å². The maximum atomic E-state index is 6.19. The molecule has 1 aliphatic carbocycles. The summed E-state index contributed by atoms with van der Waals surface area (Å²) in [6.07, 6.45) is 1.01. The Labute approximate surface area is 136 Å². The fourth-order valence-electron chi connectivity index (χ4n) is 4.10. The normalized spacial score (nSPS) is 15.2. The Kier molecular flexibility index (Phi) is 2.52. The lowest BCUT2D eigenvalue weighted by atomic mass is 9.87. The third-order valence-electron chi connectivity index (χ3n) is 5.37. The summed E-state index contributed by atoms with van der Waals surface area (Å²) in [6, 6.07) is 17.5. The van der Waals surface area contributed by atoms with Gasteiger partial charge in [0.15, 0.2) is 0 Å². The molecule has 0 unspecified atom stereocenters. The average Bonchev–Trinajstić information content (AvgIpc) is 2.97. The molecule has 1 nitrogen and oxygen atoms in total. The van der Waals surface area contributed by atoms with Crippen molar-refractivity contribution in [3.8, 4) is 16.9 Å². The van der Waals surface area contributed by atoms with Gasteiger partial charge >= 0.3 is 0 Å². The Morgan fingerprint density at radius 2 is 1.57 bits per heavy atom. The summed E-state index contributed by atoms with van der Waals surface area (Å²) in [4.78, 5) is 0. The van der Waals surface area contributed by atoms with E-state index in [-0.39, 0.29) is 0 Å². The highest BCUT2D eigenvalue weighted by atomic mass is 16.5. The van der Waals surface area contributed by atoms with Crippen molar-refractivity contribution in [3.63, 3.8) is 0 Å². The summed E-state index contributed by atoms with van der Waals surface area (Å²) in [6.45, 7) is 5.13. The fourth-order valence-corrected chi connectivity index (χ4v) is 4.10. The molecule has 0 amide bonds. The molecule has 3 aromatic rings. The first kappa shape index (κ1) is 13.0. The molecule has 0 saturated heterocycles. The van der Waals surface area contributed by atoms with Crippen LogP contribution in [-0.4, -0.2) is 6.61 Å². The van der Waals surface area contributed by atoms with Crippen molar-refractivity contribution in [1.82, 2.24) is 0 Å². The zero-order chi connectivity index (χ0) is 15.6. The molecule has 1 heterocycles. The van der Waals surface area contributed by atoms with Gasteiger partial charge in [0.25, 0.3) is 0 Å². The van der Waals surface area contributed by atoms with Crippen LogP contribution in [0.5, 0.6) is 5.75 Å². The second-order valence-electron chi connectivity index (χ2n) is 6.63. The largest absolute Gasteiger partial charge is 0.488 e. The monoisotopic (exact) mass is 298 g/mol. The summed E-state index contributed by atoms with van der Waals surface area (Å²) >= 11 is 0. The highest BCUT2D eigenvalue weighted by Gasteiger charge is 2.29. The molecule has 0 radical (unpaired) electrons. The van der Waals surface area contributed by atoms with Crippen LogP contribution >= 0.6 is 0 Å². The maximum Gasteiger partial charge on any atom is 0.135 e. The van der Waals surface area contributed by atoms with Crippen LogP contribution in [0.2, 0.25) is 0 Å². The van der Waals surface area contributed by atoms with Crippen LogP contribution in [-0.2, 0) is 6.42 Å². The van der Waals surface area contributed by atoms with E-state index in [1.165, 1.54) is 49.7 Å². The topological polar surface area (TPSA) is 9.23 Å². The number of rotatable bonds is 0. The van der Waals surface area contributed by atoms with E-state index in [1.54, 1.807) is 0 Å². The molecule has 3 aromatic carbocycles. The molecular weight excluding hydrogens is 280 g/mol. The first-order chi connectivity index (χ1) is 11.3. The lowest BCUT2D eigenvalue weighted by Gasteiger charge is -2.25. The first-order valence-corrected chi connectivity index (χ1v) is 8.21. The third-order valence-corrected chi connectivity index (χ3v) is 5.37. The molecule has 1 heteroatoms. The van der Waals surface area contributed by atoms with Gasteiger partial charge in [-0.1, -0.05) is 48.5 Å². The van der Waals surface area contributed by atoms with E-state index in [2.05, 4.69) is 62.4 Å². The van der Waals surface area contributed by atoms with Crippen LogP contribution < -0.4 is 4.74 Å². The Bertz CT molecular complexity index is 1010. The Morgan fingerprint density at radius 1 is 0.826 bits per heavy atom. The summed E-state index contributed by atoms with van der Waals surface area (Å²) < 4.78 is 6.19. The SMILES string of the molecule is CC1=C(C)c2c3c(c4ccccc4c2OC1)-c1ccccc1C3. The van der Waals surface area contributed by atoms with Crippen LogP contribution in [0.1, 0.15) is 30.5 Å². The molecule has 0 N–H and O–H groups in total. The Hall–Kier alpha value is -2.54. The van der Waals surface area contributed by atoms with Gasteiger partial charge in [0.1, 0.15) is 12.4 Å². The van der Waals surface area contributed by atoms with E-state index < -0.39 is 0 Å². The highest BCUT2D eigenvalue weighted by Crippen LogP contribution is 2.50. The molecule has 0 aromatic heterocycles. The summed E-state index contributed by atoms with van der Waals surface area (Å²) in [5.74, 6) is 1.08. The van der Waals surface area contributed by atoms with Gasteiger partial charge in [-0.25, -0.2) is 0 Å². The van der Waals surface area contributed by atoms with E-state index in [1.807, 2.05) is 0 Å². The van der Waals surface area contributed by atoms with E-state index in [0.29, 0.717) is 6.61 Å². The zero-order valence-corrected chi connectivity index (χ0v) is 13.4. The van der Waals surface area contributed by atoms with Crippen molar-refractivity contribution in [2.24, 2.45) is 0 Å². The van der Waals surface area contributed by atoms with Gasteiger partial charge in [0.05, 0.1) is 0 Å². The van der Waals surface area contributed by atoms with Crippen LogP contribution in [0.25, 0.3) is 27.5 Å². The molecule has 0 fully saturated rings. The second kappa shape index (κ2) is 4.48. The van der Waals surface area contributed by atoms with Crippen LogP contribution in [0.3, 0.4) is 0 Å². The van der Waals surface area contributed by atoms with Crippen molar-refractivity contribution in [2.45, 2.75) is 20.3 Å². The predicted molar refractivity (Wildman–Crippen MR) is 96.0 cm³/mol. The second-order valence-corrected chi connectivity index (χ2v) is 6.63. The number of benzene rings is 3. The lowest BCUT2D eigenvalue weighted by molar-refractivity contribution is 0.350. The molecular formula is C22H18O. The molecule has 5 rings (SSSR count). The minimum atomic E-state index is 0.703. The smallest absolute Gasteiger partial charge is 0.135 e. The van der Waals surface area contributed by atoms with Crippen molar-refractivity contribution in [1.29, 1.82) is 0 Å². The molecule has 2 aliphatic rings. The minimum Gasteiger partial charge on any atom is -0.488 e. The quantitative estimate of drug-likeness (QED) is 0.411. The van der Waals surface area contributed by atoms with E-state index in [9.17, 15) is 0 Å². The predicted octanol–water partition coefficient (Wildman–Crippen LogP) is 5.60. The summed E-state index contributed by atoms with van der Waals surface area (Å²) in [5.41, 5.74) is 9.73. The van der Waals surface area contributed by atoms with Crippen molar-refractivity contribution in [3.05, 3.63) is 70.8 Å². The number of fused-ring (bicyclic) bond motifs is 8. The number of hydrogen-bond acceptors (Lipinski definition) is 1. The average molecular weight is 298 g/mol. The summed E-state index contributed by atoms with van der Waals surface area (Å²) in [7, 11) is 0. The standard InChI is InChI=1S/C22H18O/c1-13-12-23-22-18-10-6-5-9-17(18)21-16-8-4-3-7-15(16)11-19(21)20(22)14(13)2/h3-10H,11-12H2,1-2H3. The van der Waals surface area contributed by atoms with Gasteiger partial charge in [-0.3, -0.25) is 0 Å². The molecule has 0 atom stereocenters. The molecule has 0 spiro atoms. The van der Waals surface area contributed by atoms with Gasteiger partial charge < -0.3 is 4.74 Å². The molecule has 0 saturated carbocycles. The highest BCUT2D eigenvalue weighted by molar-refractivity contribution is 6.08. The summed E-state index contributed by atoms with van der Waals surface area (Å²) in [5, 5.41) is 2.56. The van der Waals surface area contributed by atoms with E-state index in [4.69, 9.17) is 4.74 Å².